The molecule has 3 aromatic rings. The maximum atomic E-state index is 12.4. The standard InChI is InChI=1S/C22H22N6O3/c1-24-22(31)16-12-26-20(28-19-8-7-14(10-23)11-25-19)9-17(16)27-21(18(30)13-29)15-5-3-2-4-6-15/h2-9,11-12,18,21,29-30H,13H2,1H3,(H,24,31)(H2,25,26,27,28). The van der Waals surface area contributed by atoms with Gasteiger partial charge < -0.3 is 26.2 Å². The second-order valence-corrected chi connectivity index (χ2v) is 6.65. The number of hydrogen-bond donors (Lipinski definition) is 5. The molecule has 0 saturated heterocycles. The Morgan fingerprint density at radius 2 is 1.87 bits per heavy atom. The van der Waals surface area contributed by atoms with Crippen LogP contribution < -0.4 is 16.0 Å². The van der Waals surface area contributed by atoms with Crippen molar-refractivity contribution >= 4 is 23.2 Å². The van der Waals surface area contributed by atoms with Crippen molar-refractivity contribution in [3.05, 3.63) is 77.6 Å². The third-order valence-electron chi connectivity index (χ3n) is 4.57. The lowest BCUT2D eigenvalue weighted by Crippen LogP contribution is -2.30. The summed E-state index contributed by atoms with van der Waals surface area (Å²) in [5.41, 5.74) is 1.85. The Hall–Kier alpha value is -4.00. The molecule has 2 aromatic heterocycles. The minimum absolute atomic E-state index is 0.270. The maximum absolute atomic E-state index is 12.4. The van der Waals surface area contributed by atoms with Crippen LogP contribution >= 0.6 is 0 Å². The number of nitrogens with one attached hydrogen (secondary N) is 3. The van der Waals surface area contributed by atoms with E-state index in [1.807, 2.05) is 36.4 Å². The van der Waals surface area contributed by atoms with E-state index in [0.717, 1.165) is 5.56 Å². The van der Waals surface area contributed by atoms with Gasteiger partial charge in [0.2, 0.25) is 0 Å². The van der Waals surface area contributed by atoms with Crippen molar-refractivity contribution in [2.24, 2.45) is 0 Å². The first-order valence-corrected chi connectivity index (χ1v) is 9.51. The molecule has 9 heteroatoms. The minimum atomic E-state index is -1.11. The second-order valence-electron chi connectivity index (χ2n) is 6.65. The number of amides is 1. The summed E-state index contributed by atoms with van der Waals surface area (Å²) >= 11 is 0. The highest BCUT2D eigenvalue weighted by Crippen LogP contribution is 2.27. The molecule has 0 aliphatic carbocycles. The number of anilines is 3. The molecule has 2 atom stereocenters. The minimum Gasteiger partial charge on any atom is -0.394 e. The third-order valence-corrected chi connectivity index (χ3v) is 4.57. The number of nitrogens with zero attached hydrogens (tertiary/aromatic N) is 3. The van der Waals surface area contributed by atoms with Gasteiger partial charge in [0.15, 0.2) is 0 Å². The number of benzene rings is 1. The Morgan fingerprint density at radius 3 is 2.48 bits per heavy atom. The van der Waals surface area contributed by atoms with E-state index in [2.05, 4.69) is 25.9 Å². The molecule has 0 aliphatic heterocycles. The Kier molecular flexibility index (Phi) is 7.11. The van der Waals surface area contributed by atoms with E-state index < -0.39 is 18.8 Å². The molecule has 2 heterocycles. The fourth-order valence-corrected chi connectivity index (χ4v) is 2.96. The van der Waals surface area contributed by atoms with Gasteiger partial charge >= 0.3 is 0 Å². The van der Waals surface area contributed by atoms with Gasteiger partial charge in [0.25, 0.3) is 5.91 Å². The average molecular weight is 418 g/mol. The topological polar surface area (TPSA) is 143 Å². The van der Waals surface area contributed by atoms with Crippen molar-refractivity contribution in [1.82, 2.24) is 15.3 Å². The number of hydrogen-bond acceptors (Lipinski definition) is 8. The lowest BCUT2D eigenvalue weighted by Gasteiger charge is -2.25. The van der Waals surface area contributed by atoms with Crippen molar-refractivity contribution < 1.29 is 15.0 Å². The predicted octanol–water partition coefficient (Wildman–Crippen LogP) is 1.96. The molecule has 158 valence electrons. The van der Waals surface area contributed by atoms with Gasteiger partial charge in [-0.3, -0.25) is 4.79 Å². The summed E-state index contributed by atoms with van der Waals surface area (Å²) in [7, 11) is 1.51. The molecule has 0 aliphatic rings. The normalized spacial score (nSPS) is 12.3. The largest absolute Gasteiger partial charge is 0.394 e. The van der Waals surface area contributed by atoms with Gasteiger partial charge in [-0.05, 0) is 17.7 Å². The smallest absolute Gasteiger partial charge is 0.254 e. The Morgan fingerprint density at radius 1 is 1.13 bits per heavy atom. The molecule has 1 aromatic carbocycles. The molecule has 0 fully saturated rings. The first-order chi connectivity index (χ1) is 15.0. The Bertz CT molecular complexity index is 1070. The highest BCUT2D eigenvalue weighted by atomic mass is 16.3. The van der Waals surface area contributed by atoms with Crippen molar-refractivity contribution in [3.63, 3.8) is 0 Å². The number of nitriles is 1. The first kappa shape index (κ1) is 21.7. The van der Waals surface area contributed by atoms with Gasteiger partial charge in [-0.1, -0.05) is 30.3 Å². The molecular weight excluding hydrogens is 396 g/mol. The van der Waals surface area contributed by atoms with E-state index in [1.165, 1.54) is 19.4 Å². The summed E-state index contributed by atoms with van der Waals surface area (Å²) in [4.78, 5) is 20.8. The number of aliphatic hydroxyl groups excluding tert-OH is 2. The van der Waals surface area contributed by atoms with Crippen LogP contribution in [-0.2, 0) is 0 Å². The van der Waals surface area contributed by atoms with Gasteiger partial charge in [0, 0.05) is 25.5 Å². The van der Waals surface area contributed by atoms with Crippen LogP contribution in [0.15, 0.2) is 60.9 Å². The highest BCUT2D eigenvalue weighted by Gasteiger charge is 2.23. The molecule has 0 radical (unpaired) electrons. The van der Waals surface area contributed by atoms with Crippen LogP contribution in [0.5, 0.6) is 0 Å². The Balaban J connectivity index is 1.95. The van der Waals surface area contributed by atoms with Crippen molar-refractivity contribution in [2.45, 2.75) is 12.1 Å². The van der Waals surface area contributed by atoms with Crippen LogP contribution in [0.1, 0.15) is 27.5 Å². The number of rotatable bonds is 8. The lowest BCUT2D eigenvalue weighted by atomic mass is 10.0. The second kappa shape index (κ2) is 10.2. The van der Waals surface area contributed by atoms with Crippen LogP contribution in [0.2, 0.25) is 0 Å². The summed E-state index contributed by atoms with van der Waals surface area (Å²) in [6, 6.07) is 15.3. The molecule has 1 amide bonds. The number of carbonyl (C=O) groups is 1. The zero-order chi connectivity index (χ0) is 22.2. The summed E-state index contributed by atoms with van der Waals surface area (Å²) in [6.07, 6.45) is 1.73. The van der Waals surface area contributed by atoms with Crippen LogP contribution in [0, 0.1) is 11.3 Å². The fourth-order valence-electron chi connectivity index (χ4n) is 2.96. The predicted molar refractivity (Wildman–Crippen MR) is 116 cm³/mol. The quantitative estimate of drug-likeness (QED) is 0.373. The summed E-state index contributed by atoms with van der Waals surface area (Å²) in [5, 5.41) is 37.6. The number of aliphatic hydroxyl groups is 2. The van der Waals surface area contributed by atoms with Crippen LogP contribution in [0.4, 0.5) is 17.3 Å². The maximum Gasteiger partial charge on any atom is 0.254 e. The molecule has 3 rings (SSSR count). The van der Waals surface area contributed by atoms with Crippen LogP contribution in [0.3, 0.4) is 0 Å². The summed E-state index contributed by atoms with van der Waals surface area (Å²) in [5.74, 6) is 0.515. The molecule has 9 nitrogen and oxygen atoms in total. The van der Waals surface area contributed by atoms with E-state index in [4.69, 9.17) is 5.26 Å². The monoisotopic (exact) mass is 418 g/mol. The lowest BCUT2D eigenvalue weighted by molar-refractivity contribution is 0.0793. The molecule has 0 saturated carbocycles. The molecule has 0 spiro atoms. The van der Waals surface area contributed by atoms with E-state index >= 15 is 0 Å². The molecular formula is C22H22N6O3. The van der Waals surface area contributed by atoms with Gasteiger partial charge in [-0.2, -0.15) is 5.26 Å². The van der Waals surface area contributed by atoms with E-state index in [-0.39, 0.29) is 11.5 Å². The van der Waals surface area contributed by atoms with Gasteiger partial charge in [0.05, 0.1) is 29.5 Å². The molecule has 31 heavy (non-hydrogen) atoms. The van der Waals surface area contributed by atoms with Crippen molar-refractivity contribution in [3.8, 4) is 6.07 Å². The zero-order valence-electron chi connectivity index (χ0n) is 16.8. The van der Waals surface area contributed by atoms with Gasteiger partial charge in [0.1, 0.15) is 23.8 Å². The average Bonchev–Trinajstić information content (AvgIpc) is 2.82. The molecule has 0 bridgehead atoms. The molecule has 5 N–H and O–H groups in total. The fraction of sp³-hybridized carbons (Fsp3) is 0.182. The first-order valence-electron chi connectivity index (χ1n) is 9.51. The van der Waals surface area contributed by atoms with Gasteiger partial charge in [-0.15, -0.1) is 0 Å². The number of carbonyl (C=O) groups excluding carboxylic acids is 1. The summed E-state index contributed by atoms with van der Waals surface area (Å²) < 4.78 is 0. The Labute approximate surface area is 179 Å². The number of pyridine rings is 2. The van der Waals surface area contributed by atoms with E-state index in [0.29, 0.717) is 22.9 Å². The molecule has 2 unspecified atom stereocenters. The third kappa shape index (κ3) is 5.33. The highest BCUT2D eigenvalue weighted by molar-refractivity contribution is 5.99. The van der Waals surface area contributed by atoms with Gasteiger partial charge in [-0.25, -0.2) is 9.97 Å². The van der Waals surface area contributed by atoms with Crippen molar-refractivity contribution in [2.75, 3.05) is 24.3 Å². The number of aromatic nitrogens is 2. The SMILES string of the molecule is CNC(=O)c1cnc(Nc2ccc(C#N)cn2)cc1NC(c1ccccc1)C(O)CO. The summed E-state index contributed by atoms with van der Waals surface area (Å²) in [6.45, 7) is -0.465. The van der Waals surface area contributed by atoms with Crippen LogP contribution in [0.25, 0.3) is 0 Å². The van der Waals surface area contributed by atoms with Crippen molar-refractivity contribution in [1.29, 1.82) is 5.26 Å². The zero-order valence-corrected chi connectivity index (χ0v) is 16.8. The van der Waals surface area contributed by atoms with Crippen LogP contribution in [-0.4, -0.2) is 45.8 Å². The van der Waals surface area contributed by atoms with E-state index in [9.17, 15) is 15.0 Å². The van der Waals surface area contributed by atoms with E-state index in [1.54, 1.807) is 18.2 Å².